The van der Waals surface area contributed by atoms with Crippen molar-refractivity contribution >= 4 is 29.3 Å². The van der Waals surface area contributed by atoms with Crippen LogP contribution in [0.1, 0.15) is 50.2 Å². The second-order valence-electron chi connectivity index (χ2n) is 8.36. The predicted molar refractivity (Wildman–Crippen MR) is 130 cm³/mol. The van der Waals surface area contributed by atoms with Crippen molar-refractivity contribution in [1.29, 1.82) is 0 Å². The van der Waals surface area contributed by atoms with Gasteiger partial charge in [-0.1, -0.05) is 43.5 Å². The van der Waals surface area contributed by atoms with Gasteiger partial charge in [0, 0.05) is 18.7 Å². The molecule has 33 heavy (non-hydrogen) atoms. The number of benzene rings is 2. The molecule has 2 aromatic carbocycles. The van der Waals surface area contributed by atoms with Crippen LogP contribution in [0.3, 0.4) is 0 Å². The number of amides is 1. The van der Waals surface area contributed by atoms with Gasteiger partial charge in [0.1, 0.15) is 18.1 Å². The second-order valence-corrected chi connectivity index (χ2v) is 8.72. The maximum Gasteiger partial charge on any atom is 0.277 e. The van der Waals surface area contributed by atoms with E-state index in [0.29, 0.717) is 34.5 Å². The number of ether oxygens (including phenoxy) is 2. The molecule has 0 bridgehead atoms. The highest BCUT2D eigenvalue weighted by Crippen LogP contribution is 2.33. The van der Waals surface area contributed by atoms with E-state index in [1.807, 2.05) is 32.2 Å². The van der Waals surface area contributed by atoms with Crippen LogP contribution in [0.2, 0.25) is 0 Å². The zero-order valence-corrected chi connectivity index (χ0v) is 19.9. The number of nitrogens with zero attached hydrogens (tertiary/aromatic N) is 2. The number of hydrogen-bond donors (Lipinski definition) is 0. The SMILES string of the molecule is CCOc1cc(C=C2C(=O)N(C3CCCCC3)C(=S)N2C)ccc1OCc1ccccc1F. The van der Waals surface area contributed by atoms with Gasteiger partial charge in [0.15, 0.2) is 16.6 Å². The molecule has 2 fully saturated rings. The number of carbonyl (C=O) groups is 1. The lowest BCUT2D eigenvalue weighted by Crippen LogP contribution is -2.41. The molecule has 2 aliphatic rings. The molecule has 0 atom stereocenters. The lowest BCUT2D eigenvalue weighted by molar-refractivity contribution is -0.124. The summed E-state index contributed by atoms with van der Waals surface area (Å²) in [6.45, 7) is 2.44. The molecule has 1 heterocycles. The Labute approximate surface area is 199 Å². The Morgan fingerprint density at radius 3 is 2.58 bits per heavy atom. The minimum Gasteiger partial charge on any atom is -0.490 e. The van der Waals surface area contributed by atoms with Crippen molar-refractivity contribution in [2.45, 2.75) is 51.7 Å². The molecule has 1 amide bonds. The van der Waals surface area contributed by atoms with E-state index in [1.54, 1.807) is 34.1 Å². The van der Waals surface area contributed by atoms with Gasteiger partial charge >= 0.3 is 0 Å². The van der Waals surface area contributed by atoms with Gasteiger partial charge in [-0.15, -0.1) is 0 Å². The van der Waals surface area contributed by atoms with Gasteiger partial charge < -0.3 is 14.4 Å². The van der Waals surface area contributed by atoms with Crippen LogP contribution in [-0.4, -0.2) is 40.5 Å². The molecule has 7 heteroatoms. The number of carbonyl (C=O) groups excluding carboxylic acids is 1. The average molecular weight is 469 g/mol. The maximum absolute atomic E-state index is 13.9. The van der Waals surface area contributed by atoms with E-state index in [0.717, 1.165) is 31.2 Å². The topological polar surface area (TPSA) is 42.0 Å². The monoisotopic (exact) mass is 468 g/mol. The first-order chi connectivity index (χ1) is 16.0. The first-order valence-corrected chi connectivity index (χ1v) is 11.9. The lowest BCUT2D eigenvalue weighted by atomic mass is 9.94. The molecule has 0 unspecified atom stereocenters. The van der Waals surface area contributed by atoms with E-state index in [1.165, 1.54) is 12.5 Å². The molecule has 4 rings (SSSR count). The highest BCUT2D eigenvalue weighted by Gasteiger charge is 2.40. The molecule has 5 nitrogen and oxygen atoms in total. The summed E-state index contributed by atoms with van der Waals surface area (Å²) < 4.78 is 25.5. The summed E-state index contributed by atoms with van der Waals surface area (Å²) in [5, 5.41) is 0.563. The smallest absolute Gasteiger partial charge is 0.277 e. The molecule has 1 saturated carbocycles. The van der Waals surface area contributed by atoms with Crippen LogP contribution < -0.4 is 9.47 Å². The van der Waals surface area contributed by atoms with E-state index < -0.39 is 0 Å². The van der Waals surface area contributed by atoms with Crippen molar-refractivity contribution in [3.8, 4) is 11.5 Å². The molecule has 0 aromatic heterocycles. The molecule has 0 spiro atoms. The Morgan fingerprint density at radius 2 is 1.85 bits per heavy atom. The Hall–Kier alpha value is -2.93. The molecular weight excluding hydrogens is 439 g/mol. The van der Waals surface area contributed by atoms with Gasteiger partial charge in [0.2, 0.25) is 0 Å². The highest BCUT2D eigenvalue weighted by molar-refractivity contribution is 7.80. The fourth-order valence-corrected chi connectivity index (χ4v) is 4.70. The van der Waals surface area contributed by atoms with Crippen molar-refractivity contribution in [2.75, 3.05) is 13.7 Å². The Balaban J connectivity index is 1.55. The third-order valence-corrected chi connectivity index (χ3v) is 6.61. The largest absolute Gasteiger partial charge is 0.490 e. The Bertz CT molecular complexity index is 1070. The Kier molecular flexibility index (Phi) is 7.28. The van der Waals surface area contributed by atoms with E-state index in [9.17, 15) is 9.18 Å². The first-order valence-electron chi connectivity index (χ1n) is 11.5. The summed E-state index contributed by atoms with van der Waals surface area (Å²) in [4.78, 5) is 16.8. The minimum absolute atomic E-state index is 0.0489. The summed E-state index contributed by atoms with van der Waals surface area (Å²) in [5.41, 5.74) is 1.83. The lowest BCUT2D eigenvalue weighted by Gasteiger charge is -2.30. The van der Waals surface area contributed by atoms with Crippen molar-refractivity contribution in [3.05, 3.63) is 65.1 Å². The van der Waals surface area contributed by atoms with Gasteiger partial charge in [-0.3, -0.25) is 9.69 Å². The molecule has 0 N–H and O–H groups in total. The normalized spacial score (nSPS) is 18.3. The quantitative estimate of drug-likeness (QED) is 0.395. The van der Waals surface area contributed by atoms with Crippen LogP contribution in [0.5, 0.6) is 11.5 Å². The van der Waals surface area contributed by atoms with Crippen LogP contribution in [0.4, 0.5) is 4.39 Å². The third-order valence-electron chi connectivity index (χ3n) is 6.14. The molecule has 1 saturated heterocycles. The maximum atomic E-state index is 13.9. The van der Waals surface area contributed by atoms with Crippen LogP contribution in [0, 0.1) is 5.82 Å². The summed E-state index contributed by atoms with van der Waals surface area (Å²) in [7, 11) is 1.84. The Morgan fingerprint density at radius 1 is 1.09 bits per heavy atom. The summed E-state index contributed by atoms with van der Waals surface area (Å²) in [6.07, 6.45) is 7.30. The number of likely N-dealkylation sites (N-methyl/N-ethyl adjacent to an activating group) is 1. The van der Waals surface area contributed by atoms with Crippen molar-refractivity contribution in [3.63, 3.8) is 0 Å². The summed E-state index contributed by atoms with van der Waals surface area (Å²) in [5.74, 6) is 0.709. The highest BCUT2D eigenvalue weighted by atomic mass is 32.1. The molecule has 0 radical (unpaired) electrons. The van der Waals surface area contributed by atoms with Crippen molar-refractivity contribution in [2.24, 2.45) is 0 Å². The predicted octanol–water partition coefficient (Wildman–Crippen LogP) is 5.54. The van der Waals surface area contributed by atoms with Gasteiger partial charge in [-0.25, -0.2) is 4.39 Å². The van der Waals surface area contributed by atoms with Crippen LogP contribution in [0.15, 0.2) is 48.2 Å². The van der Waals surface area contributed by atoms with Gasteiger partial charge in [-0.2, -0.15) is 0 Å². The van der Waals surface area contributed by atoms with Crippen LogP contribution in [-0.2, 0) is 11.4 Å². The fourth-order valence-electron chi connectivity index (χ4n) is 4.37. The number of hydrogen-bond acceptors (Lipinski definition) is 4. The summed E-state index contributed by atoms with van der Waals surface area (Å²) in [6, 6.07) is 12.2. The van der Waals surface area contributed by atoms with E-state index in [4.69, 9.17) is 21.7 Å². The molecule has 2 aromatic rings. The minimum atomic E-state index is -0.307. The zero-order valence-electron chi connectivity index (χ0n) is 19.1. The fraction of sp³-hybridized carbons (Fsp3) is 0.385. The van der Waals surface area contributed by atoms with E-state index in [2.05, 4.69) is 0 Å². The van der Waals surface area contributed by atoms with Gasteiger partial charge in [-0.05, 0) is 61.8 Å². The van der Waals surface area contributed by atoms with Crippen molar-refractivity contribution in [1.82, 2.24) is 9.80 Å². The standard InChI is InChI=1S/C26H29FN2O3S/c1-3-31-24-16-18(13-14-23(24)32-17-19-9-7-8-12-21(19)27)15-22-25(30)29(26(33)28(22)2)20-10-5-4-6-11-20/h7-9,12-16,20H,3-6,10-11,17H2,1-2H3. The summed E-state index contributed by atoms with van der Waals surface area (Å²) >= 11 is 5.61. The van der Waals surface area contributed by atoms with Crippen LogP contribution >= 0.6 is 12.2 Å². The molecule has 1 aliphatic heterocycles. The van der Waals surface area contributed by atoms with Crippen LogP contribution in [0.25, 0.3) is 6.08 Å². The number of rotatable bonds is 7. The second kappa shape index (κ2) is 10.3. The van der Waals surface area contributed by atoms with Gasteiger partial charge in [0.25, 0.3) is 5.91 Å². The van der Waals surface area contributed by atoms with Gasteiger partial charge in [0.05, 0.1) is 6.61 Å². The zero-order chi connectivity index (χ0) is 23.4. The number of thiocarbonyl (C=S) groups is 1. The third kappa shape index (κ3) is 5.03. The van der Waals surface area contributed by atoms with Crippen molar-refractivity contribution < 1.29 is 18.7 Å². The van der Waals surface area contributed by atoms with E-state index in [-0.39, 0.29) is 24.4 Å². The first kappa shape index (κ1) is 23.2. The molecule has 174 valence electrons. The molecule has 1 aliphatic carbocycles. The number of halogens is 1. The molecular formula is C26H29FN2O3S. The average Bonchev–Trinajstić information content (AvgIpc) is 3.03. The van der Waals surface area contributed by atoms with E-state index >= 15 is 0 Å².